The quantitative estimate of drug-likeness (QED) is 0.750. The van der Waals surface area contributed by atoms with Crippen molar-refractivity contribution in [2.75, 3.05) is 33.2 Å². The lowest BCUT2D eigenvalue weighted by Crippen LogP contribution is -2.47. The molecule has 0 saturated carbocycles. The molecule has 0 aromatic carbocycles. The van der Waals surface area contributed by atoms with Gasteiger partial charge >= 0.3 is 12.1 Å². The predicted octanol–water partition coefficient (Wildman–Crippen LogP) is 1.38. The third-order valence-corrected chi connectivity index (χ3v) is 3.62. The number of likely N-dealkylation sites (tertiary alicyclic amines) is 1. The molecule has 1 saturated heterocycles. The lowest BCUT2D eigenvalue weighted by molar-refractivity contribution is 0.0297. The zero-order valence-corrected chi connectivity index (χ0v) is 14.2. The van der Waals surface area contributed by atoms with E-state index in [2.05, 4.69) is 5.32 Å². The first-order valence-corrected chi connectivity index (χ1v) is 7.91. The molecule has 1 heterocycles. The first-order valence-electron chi connectivity index (χ1n) is 7.91. The SMILES string of the molecule is CN(CCCNC1CCN(C(N)=O)CC1)C(=O)OC(C)(C)C. The van der Waals surface area contributed by atoms with Crippen LogP contribution in [0.15, 0.2) is 0 Å². The molecule has 1 rings (SSSR count). The number of hydrogen-bond donors (Lipinski definition) is 2. The van der Waals surface area contributed by atoms with E-state index in [1.165, 1.54) is 0 Å². The van der Waals surface area contributed by atoms with Gasteiger partial charge in [0.05, 0.1) is 0 Å². The highest BCUT2D eigenvalue weighted by molar-refractivity contribution is 5.72. The monoisotopic (exact) mass is 314 g/mol. The third kappa shape index (κ3) is 6.98. The van der Waals surface area contributed by atoms with Gasteiger partial charge < -0.3 is 25.6 Å². The molecule has 0 aromatic rings. The van der Waals surface area contributed by atoms with Gasteiger partial charge in [-0.05, 0) is 46.6 Å². The maximum atomic E-state index is 11.8. The Morgan fingerprint density at radius 1 is 1.32 bits per heavy atom. The van der Waals surface area contributed by atoms with Crippen molar-refractivity contribution in [2.45, 2.75) is 51.7 Å². The van der Waals surface area contributed by atoms with E-state index < -0.39 is 5.60 Å². The van der Waals surface area contributed by atoms with Gasteiger partial charge in [0.2, 0.25) is 0 Å². The number of amides is 3. The number of rotatable bonds is 5. The van der Waals surface area contributed by atoms with Crippen molar-refractivity contribution in [2.24, 2.45) is 5.73 Å². The van der Waals surface area contributed by atoms with Crippen LogP contribution in [0.5, 0.6) is 0 Å². The summed E-state index contributed by atoms with van der Waals surface area (Å²) < 4.78 is 5.30. The van der Waals surface area contributed by atoms with Crippen LogP contribution in [0.4, 0.5) is 9.59 Å². The molecule has 7 heteroatoms. The van der Waals surface area contributed by atoms with Gasteiger partial charge in [-0.3, -0.25) is 0 Å². The fourth-order valence-corrected chi connectivity index (χ4v) is 2.36. The number of carbonyl (C=O) groups excluding carboxylic acids is 2. The first-order chi connectivity index (χ1) is 10.2. The van der Waals surface area contributed by atoms with E-state index in [1.807, 2.05) is 20.8 Å². The predicted molar refractivity (Wildman–Crippen MR) is 85.7 cm³/mol. The molecule has 0 atom stereocenters. The highest BCUT2D eigenvalue weighted by Gasteiger charge is 2.21. The minimum absolute atomic E-state index is 0.290. The number of nitrogens with one attached hydrogen (secondary N) is 1. The Bertz CT molecular complexity index is 373. The van der Waals surface area contributed by atoms with Crippen molar-refractivity contribution in [3.8, 4) is 0 Å². The molecule has 0 bridgehead atoms. The van der Waals surface area contributed by atoms with Crippen molar-refractivity contribution >= 4 is 12.1 Å². The second-order valence-corrected chi connectivity index (χ2v) is 6.81. The van der Waals surface area contributed by atoms with Gasteiger partial charge in [0, 0.05) is 32.7 Å². The number of primary amides is 1. The van der Waals surface area contributed by atoms with E-state index in [9.17, 15) is 9.59 Å². The van der Waals surface area contributed by atoms with Crippen LogP contribution in [0.3, 0.4) is 0 Å². The Morgan fingerprint density at radius 2 is 1.91 bits per heavy atom. The molecule has 1 aliphatic rings. The van der Waals surface area contributed by atoms with E-state index in [0.717, 1.165) is 25.8 Å². The number of piperidine rings is 1. The van der Waals surface area contributed by atoms with Gasteiger partial charge in [-0.25, -0.2) is 9.59 Å². The molecule has 0 unspecified atom stereocenters. The first kappa shape index (κ1) is 18.5. The largest absolute Gasteiger partial charge is 0.444 e. The average molecular weight is 314 g/mol. The third-order valence-electron chi connectivity index (χ3n) is 3.62. The fraction of sp³-hybridized carbons (Fsp3) is 0.867. The van der Waals surface area contributed by atoms with Crippen LogP contribution >= 0.6 is 0 Å². The van der Waals surface area contributed by atoms with Crippen LogP contribution in [0.1, 0.15) is 40.0 Å². The highest BCUT2D eigenvalue weighted by atomic mass is 16.6. The molecule has 0 aromatic heterocycles. The number of nitrogens with zero attached hydrogens (tertiary/aromatic N) is 2. The molecule has 1 fully saturated rings. The lowest BCUT2D eigenvalue weighted by atomic mass is 10.1. The summed E-state index contributed by atoms with van der Waals surface area (Å²) in [5.41, 5.74) is 4.80. The summed E-state index contributed by atoms with van der Waals surface area (Å²) in [5.74, 6) is 0. The van der Waals surface area contributed by atoms with Gasteiger partial charge in [-0.15, -0.1) is 0 Å². The van der Waals surface area contributed by atoms with Gasteiger partial charge in [0.25, 0.3) is 0 Å². The minimum atomic E-state index is -0.460. The minimum Gasteiger partial charge on any atom is -0.444 e. The summed E-state index contributed by atoms with van der Waals surface area (Å²) in [7, 11) is 1.75. The highest BCUT2D eigenvalue weighted by Crippen LogP contribution is 2.10. The van der Waals surface area contributed by atoms with E-state index in [1.54, 1.807) is 16.8 Å². The molecule has 128 valence electrons. The van der Waals surface area contributed by atoms with E-state index >= 15 is 0 Å². The van der Waals surface area contributed by atoms with Crippen molar-refractivity contribution < 1.29 is 14.3 Å². The summed E-state index contributed by atoms with van der Waals surface area (Å²) in [6.07, 6.45) is 2.42. The van der Waals surface area contributed by atoms with Crippen molar-refractivity contribution in [3.05, 3.63) is 0 Å². The molecule has 3 amide bonds. The Kier molecular flexibility index (Phi) is 6.93. The normalized spacial score (nSPS) is 16.5. The molecule has 0 aliphatic carbocycles. The van der Waals surface area contributed by atoms with Crippen LogP contribution in [0, 0.1) is 0 Å². The Hall–Kier alpha value is -1.50. The van der Waals surface area contributed by atoms with Gasteiger partial charge in [-0.1, -0.05) is 0 Å². The molecular formula is C15H30N4O3. The number of urea groups is 1. The van der Waals surface area contributed by atoms with Crippen LogP contribution in [0.2, 0.25) is 0 Å². The van der Waals surface area contributed by atoms with E-state index in [-0.39, 0.29) is 12.1 Å². The topological polar surface area (TPSA) is 87.9 Å². The van der Waals surface area contributed by atoms with Gasteiger partial charge in [0.1, 0.15) is 5.60 Å². The molecule has 7 nitrogen and oxygen atoms in total. The number of nitrogens with two attached hydrogens (primary N) is 1. The second-order valence-electron chi connectivity index (χ2n) is 6.81. The average Bonchev–Trinajstić information content (AvgIpc) is 2.42. The van der Waals surface area contributed by atoms with Crippen LogP contribution in [-0.4, -0.2) is 66.8 Å². The van der Waals surface area contributed by atoms with Gasteiger partial charge in [0.15, 0.2) is 0 Å². The Balaban J connectivity index is 2.13. The summed E-state index contributed by atoms with van der Waals surface area (Å²) in [5, 5.41) is 3.47. The molecule has 1 aliphatic heterocycles. The van der Waals surface area contributed by atoms with Crippen molar-refractivity contribution in [3.63, 3.8) is 0 Å². The van der Waals surface area contributed by atoms with Crippen LogP contribution in [-0.2, 0) is 4.74 Å². The van der Waals surface area contributed by atoms with Crippen LogP contribution < -0.4 is 11.1 Å². The molecular weight excluding hydrogens is 284 g/mol. The smallest absolute Gasteiger partial charge is 0.410 e. The van der Waals surface area contributed by atoms with Gasteiger partial charge in [-0.2, -0.15) is 0 Å². The molecule has 22 heavy (non-hydrogen) atoms. The zero-order valence-electron chi connectivity index (χ0n) is 14.2. The molecule has 0 spiro atoms. The lowest BCUT2D eigenvalue weighted by Gasteiger charge is -2.31. The number of hydrogen-bond acceptors (Lipinski definition) is 4. The van der Waals surface area contributed by atoms with Crippen LogP contribution in [0.25, 0.3) is 0 Å². The van der Waals surface area contributed by atoms with E-state index in [4.69, 9.17) is 10.5 Å². The number of carbonyl (C=O) groups is 2. The second kappa shape index (κ2) is 8.22. The summed E-state index contributed by atoms with van der Waals surface area (Å²) in [6.45, 7) is 8.50. The maximum absolute atomic E-state index is 11.8. The Morgan fingerprint density at radius 3 is 2.41 bits per heavy atom. The molecule has 0 radical (unpaired) electrons. The summed E-state index contributed by atoms with van der Waals surface area (Å²) in [6, 6.07) is 0.0832. The standard InChI is InChI=1S/C15H30N4O3/c1-15(2,3)22-14(21)18(4)9-5-8-17-12-6-10-19(11-7-12)13(16)20/h12,17H,5-11H2,1-4H3,(H2,16,20). The fourth-order valence-electron chi connectivity index (χ4n) is 2.36. The molecule has 3 N–H and O–H groups in total. The maximum Gasteiger partial charge on any atom is 0.410 e. The number of ether oxygens (including phenoxy) is 1. The Labute approximate surface area is 133 Å². The summed E-state index contributed by atoms with van der Waals surface area (Å²) in [4.78, 5) is 26.1. The van der Waals surface area contributed by atoms with Crippen molar-refractivity contribution in [1.29, 1.82) is 0 Å². The van der Waals surface area contributed by atoms with E-state index in [0.29, 0.717) is 25.7 Å². The van der Waals surface area contributed by atoms with Crippen molar-refractivity contribution in [1.82, 2.24) is 15.1 Å². The zero-order chi connectivity index (χ0) is 16.8. The summed E-state index contributed by atoms with van der Waals surface area (Å²) >= 11 is 0.